The first-order valence-corrected chi connectivity index (χ1v) is 8.30. The van der Waals surface area contributed by atoms with Crippen LogP contribution < -0.4 is 5.32 Å². The van der Waals surface area contributed by atoms with Crippen LogP contribution in [0.25, 0.3) is 11.4 Å². The van der Waals surface area contributed by atoms with Gasteiger partial charge in [0.15, 0.2) is 0 Å². The molecular formula is C17H17FN4S. The normalized spacial score (nSPS) is 12.3. The minimum Gasteiger partial charge on any atom is -0.310 e. The van der Waals surface area contributed by atoms with Crippen LogP contribution in [0.15, 0.2) is 48.2 Å². The lowest BCUT2D eigenvalue weighted by atomic mass is 10.1. The van der Waals surface area contributed by atoms with Crippen LogP contribution >= 0.6 is 11.3 Å². The SMILES string of the molecule is C[C@H](NCCc1nc(-c2ccccn2)cs1)c1cncc(F)c1. The van der Waals surface area contributed by atoms with Crippen LogP contribution in [0.5, 0.6) is 0 Å². The van der Waals surface area contributed by atoms with Crippen LogP contribution in [-0.2, 0) is 6.42 Å². The molecule has 0 aliphatic rings. The molecule has 23 heavy (non-hydrogen) atoms. The quantitative estimate of drug-likeness (QED) is 0.751. The molecular weight excluding hydrogens is 311 g/mol. The molecule has 0 radical (unpaired) electrons. The molecule has 0 aromatic carbocycles. The van der Waals surface area contributed by atoms with Gasteiger partial charge in [0, 0.05) is 36.8 Å². The van der Waals surface area contributed by atoms with Gasteiger partial charge in [0.25, 0.3) is 0 Å². The number of hydrogen-bond acceptors (Lipinski definition) is 5. The number of pyridine rings is 2. The third kappa shape index (κ3) is 4.18. The lowest BCUT2D eigenvalue weighted by Crippen LogP contribution is -2.21. The fraction of sp³-hybridized carbons (Fsp3) is 0.235. The molecule has 3 heterocycles. The molecule has 4 nitrogen and oxygen atoms in total. The summed E-state index contributed by atoms with van der Waals surface area (Å²) in [5.74, 6) is -0.309. The van der Waals surface area contributed by atoms with E-state index < -0.39 is 0 Å². The van der Waals surface area contributed by atoms with Crippen molar-refractivity contribution in [1.29, 1.82) is 0 Å². The molecule has 3 aromatic rings. The van der Waals surface area contributed by atoms with Gasteiger partial charge >= 0.3 is 0 Å². The molecule has 0 fully saturated rings. The maximum Gasteiger partial charge on any atom is 0.141 e. The predicted molar refractivity (Wildman–Crippen MR) is 89.7 cm³/mol. The maximum absolute atomic E-state index is 13.2. The van der Waals surface area contributed by atoms with Crippen molar-refractivity contribution >= 4 is 11.3 Å². The van der Waals surface area contributed by atoms with Crippen molar-refractivity contribution in [2.24, 2.45) is 0 Å². The van der Waals surface area contributed by atoms with Crippen LogP contribution in [0, 0.1) is 5.82 Å². The van der Waals surface area contributed by atoms with Gasteiger partial charge in [0.05, 0.1) is 22.6 Å². The number of halogens is 1. The summed E-state index contributed by atoms with van der Waals surface area (Å²) >= 11 is 1.63. The van der Waals surface area contributed by atoms with Crippen LogP contribution in [-0.4, -0.2) is 21.5 Å². The number of hydrogen-bond donors (Lipinski definition) is 1. The summed E-state index contributed by atoms with van der Waals surface area (Å²) in [4.78, 5) is 12.8. The van der Waals surface area contributed by atoms with E-state index in [9.17, 15) is 4.39 Å². The Bertz CT molecular complexity index is 760. The second-order valence-electron chi connectivity index (χ2n) is 5.20. The average molecular weight is 328 g/mol. The van der Waals surface area contributed by atoms with Crippen molar-refractivity contribution in [3.8, 4) is 11.4 Å². The van der Waals surface area contributed by atoms with E-state index in [1.54, 1.807) is 23.7 Å². The Morgan fingerprint density at radius 3 is 2.96 bits per heavy atom. The van der Waals surface area contributed by atoms with Crippen molar-refractivity contribution in [2.45, 2.75) is 19.4 Å². The Labute approximate surface area is 138 Å². The van der Waals surface area contributed by atoms with Crippen molar-refractivity contribution in [3.05, 3.63) is 64.6 Å². The smallest absolute Gasteiger partial charge is 0.141 e. The molecule has 1 atom stereocenters. The molecule has 0 saturated heterocycles. The van der Waals surface area contributed by atoms with Gasteiger partial charge in [-0.1, -0.05) is 6.07 Å². The van der Waals surface area contributed by atoms with E-state index >= 15 is 0 Å². The molecule has 0 aliphatic heterocycles. The topological polar surface area (TPSA) is 50.7 Å². The van der Waals surface area contributed by atoms with Crippen LogP contribution in [0.3, 0.4) is 0 Å². The van der Waals surface area contributed by atoms with Crippen molar-refractivity contribution in [3.63, 3.8) is 0 Å². The third-order valence-corrected chi connectivity index (χ3v) is 4.40. The van der Waals surface area contributed by atoms with E-state index in [1.165, 1.54) is 12.3 Å². The summed E-state index contributed by atoms with van der Waals surface area (Å²) in [6.45, 7) is 2.77. The Morgan fingerprint density at radius 1 is 1.26 bits per heavy atom. The number of nitrogens with one attached hydrogen (secondary N) is 1. The number of nitrogens with zero attached hydrogens (tertiary/aromatic N) is 3. The lowest BCUT2D eigenvalue weighted by molar-refractivity contribution is 0.562. The molecule has 0 bridgehead atoms. The first kappa shape index (κ1) is 15.7. The summed E-state index contributed by atoms with van der Waals surface area (Å²) in [5, 5.41) is 6.45. The maximum atomic E-state index is 13.2. The molecule has 0 spiro atoms. The van der Waals surface area contributed by atoms with Gasteiger partial charge in [-0.15, -0.1) is 11.3 Å². The second kappa shape index (κ2) is 7.39. The van der Waals surface area contributed by atoms with Gasteiger partial charge in [-0.25, -0.2) is 9.37 Å². The molecule has 1 N–H and O–H groups in total. The Kier molecular flexibility index (Phi) is 5.05. The van der Waals surface area contributed by atoms with Gasteiger partial charge in [-0.05, 0) is 30.7 Å². The predicted octanol–water partition coefficient (Wildman–Crippen LogP) is 3.63. The number of rotatable bonds is 6. The molecule has 6 heteroatoms. The first-order chi connectivity index (χ1) is 11.2. The average Bonchev–Trinajstić information content (AvgIpc) is 3.04. The molecule has 3 aromatic heterocycles. The van der Waals surface area contributed by atoms with Crippen molar-refractivity contribution in [1.82, 2.24) is 20.3 Å². The van der Waals surface area contributed by atoms with Gasteiger partial charge in [-0.3, -0.25) is 9.97 Å². The fourth-order valence-electron chi connectivity index (χ4n) is 2.24. The molecule has 3 rings (SSSR count). The molecule has 0 unspecified atom stereocenters. The first-order valence-electron chi connectivity index (χ1n) is 7.42. The second-order valence-corrected chi connectivity index (χ2v) is 6.15. The number of thiazole rings is 1. The van der Waals surface area contributed by atoms with Crippen molar-refractivity contribution in [2.75, 3.05) is 6.54 Å². The molecule has 0 aliphatic carbocycles. The minimum absolute atomic E-state index is 0.0495. The largest absolute Gasteiger partial charge is 0.310 e. The Balaban J connectivity index is 1.54. The van der Waals surface area contributed by atoms with Crippen molar-refractivity contribution < 1.29 is 4.39 Å². The summed E-state index contributed by atoms with van der Waals surface area (Å²) in [6.07, 6.45) is 5.49. The van der Waals surface area contributed by atoms with E-state index in [0.717, 1.165) is 34.9 Å². The summed E-state index contributed by atoms with van der Waals surface area (Å²) in [6, 6.07) is 7.36. The highest BCUT2D eigenvalue weighted by Crippen LogP contribution is 2.20. The number of aromatic nitrogens is 3. The monoisotopic (exact) mass is 328 g/mol. The minimum atomic E-state index is -0.309. The fourth-order valence-corrected chi connectivity index (χ4v) is 3.03. The molecule has 0 amide bonds. The highest BCUT2D eigenvalue weighted by Gasteiger charge is 2.08. The Morgan fingerprint density at radius 2 is 2.17 bits per heavy atom. The Hall–Kier alpha value is -2.18. The summed E-state index contributed by atoms with van der Waals surface area (Å²) in [7, 11) is 0. The lowest BCUT2D eigenvalue weighted by Gasteiger charge is -2.13. The highest BCUT2D eigenvalue weighted by molar-refractivity contribution is 7.09. The van der Waals surface area contributed by atoms with Gasteiger partial charge in [0.1, 0.15) is 5.82 Å². The van der Waals surface area contributed by atoms with E-state index in [2.05, 4.69) is 20.3 Å². The van der Waals surface area contributed by atoms with Gasteiger partial charge in [0.2, 0.25) is 0 Å². The van der Waals surface area contributed by atoms with Gasteiger partial charge < -0.3 is 5.32 Å². The highest BCUT2D eigenvalue weighted by atomic mass is 32.1. The van der Waals surface area contributed by atoms with E-state index in [1.807, 2.05) is 30.5 Å². The zero-order chi connectivity index (χ0) is 16.1. The van der Waals surface area contributed by atoms with Crippen LogP contribution in [0.1, 0.15) is 23.5 Å². The standard InChI is InChI=1S/C17H17FN4S/c1-12(13-8-14(18)10-19-9-13)20-7-5-17-22-16(11-23-17)15-4-2-3-6-21-15/h2-4,6,8-12,20H,5,7H2,1H3/t12-/m0/s1. The summed E-state index contributed by atoms with van der Waals surface area (Å²) in [5.41, 5.74) is 2.65. The zero-order valence-corrected chi connectivity index (χ0v) is 13.6. The molecule has 118 valence electrons. The van der Waals surface area contributed by atoms with E-state index in [4.69, 9.17) is 0 Å². The molecule has 0 saturated carbocycles. The zero-order valence-electron chi connectivity index (χ0n) is 12.7. The summed E-state index contributed by atoms with van der Waals surface area (Å²) < 4.78 is 13.2. The van der Waals surface area contributed by atoms with Crippen LogP contribution in [0.2, 0.25) is 0 Å². The van der Waals surface area contributed by atoms with Gasteiger partial charge in [-0.2, -0.15) is 0 Å². The third-order valence-electron chi connectivity index (χ3n) is 3.49. The van der Waals surface area contributed by atoms with E-state index in [-0.39, 0.29) is 11.9 Å². The van der Waals surface area contributed by atoms with Crippen LogP contribution in [0.4, 0.5) is 4.39 Å². The van der Waals surface area contributed by atoms with E-state index in [0.29, 0.717) is 0 Å².